The van der Waals surface area contributed by atoms with Crippen LogP contribution in [0.25, 0.3) is 11.0 Å². The Balaban J connectivity index is 1.96. The Kier molecular flexibility index (Phi) is 3.06. The average Bonchev–Trinajstić information content (AvgIpc) is 2.84. The Hall–Kier alpha value is -2.50. The molecule has 2 aromatic heterocycles. The molecule has 0 amide bonds. The van der Waals surface area contributed by atoms with Crippen LogP contribution in [0.4, 0.5) is 10.2 Å². The molecule has 0 aliphatic rings. The lowest BCUT2D eigenvalue weighted by atomic mass is 10.3. The molecule has 3 rings (SSSR count). The number of nitrogens with zero attached hydrogens (tertiary/aromatic N) is 3. The summed E-state index contributed by atoms with van der Waals surface area (Å²) in [6.07, 6.45) is 0.435. The van der Waals surface area contributed by atoms with Crippen molar-refractivity contribution in [3.8, 4) is 0 Å². The SMILES string of the molecule is CNc1nc(Cc2nc3ccccc3[nH]2)nc(C)c1F. The Labute approximate surface area is 115 Å². The Morgan fingerprint density at radius 2 is 2.00 bits per heavy atom. The second-order valence-corrected chi connectivity index (χ2v) is 4.52. The molecule has 1 aromatic carbocycles. The third-order valence-corrected chi connectivity index (χ3v) is 3.06. The molecular weight excluding hydrogens is 257 g/mol. The third-order valence-electron chi connectivity index (χ3n) is 3.06. The summed E-state index contributed by atoms with van der Waals surface area (Å²) in [5.74, 6) is 1.09. The second-order valence-electron chi connectivity index (χ2n) is 4.52. The predicted octanol–water partition coefficient (Wildman–Crippen LogP) is 2.43. The summed E-state index contributed by atoms with van der Waals surface area (Å²) < 4.78 is 13.7. The van der Waals surface area contributed by atoms with E-state index < -0.39 is 5.82 Å². The van der Waals surface area contributed by atoms with E-state index in [-0.39, 0.29) is 5.82 Å². The standard InChI is InChI=1S/C14H14FN5/c1-8-13(15)14(16-2)20-11(17-8)7-12-18-9-5-3-4-6-10(9)19-12/h3-6H,7H2,1-2H3,(H,18,19)(H,16,17,20). The van der Waals surface area contributed by atoms with E-state index in [1.807, 2.05) is 24.3 Å². The number of H-pyrrole nitrogens is 1. The molecule has 6 heteroatoms. The number of para-hydroxylation sites is 2. The van der Waals surface area contributed by atoms with Crippen molar-refractivity contribution in [1.82, 2.24) is 19.9 Å². The molecule has 0 unspecified atom stereocenters. The quantitative estimate of drug-likeness (QED) is 0.767. The number of halogens is 1. The number of fused-ring (bicyclic) bond motifs is 1. The van der Waals surface area contributed by atoms with Crippen molar-refractivity contribution in [2.24, 2.45) is 0 Å². The maximum Gasteiger partial charge on any atom is 0.186 e. The Morgan fingerprint density at radius 3 is 2.75 bits per heavy atom. The van der Waals surface area contributed by atoms with Crippen molar-refractivity contribution in [2.45, 2.75) is 13.3 Å². The number of aromatic amines is 1. The van der Waals surface area contributed by atoms with E-state index in [0.29, 0.717) is 17.9 Å². The highest BCUT2D eigenvalue weighted by molar-refractivity contribution is 5.74. The molecule has 2 N–H and O–H groups in total. The maximum atomic E-state index is 13.7. The smallest absolute Gasteiger partial charge is 0.186 e. The van der Waals surface area contributed by atoms with Crippen molar-refractivity contribution in [1.29, 1.82) is 0 Å². The molecule has 2 heterocycles. The first-order valence-electron chi connectivity index (χ1n) is 6.32. The van der Waals surface area contributed by atoms with Crippen molar-refractivity contribution in [3.63, 3.8) is 0 Å². The van der Waals surface area contributed by atoms with E-state index in [4.69, 9.17) is 0 Å². The zero-order valence-electron chi connectivity index (χ0n) is 11.2. The van der Waals surface area contributed by atoms with Crippen LogP contribution < -0.4 is 5.32 Å². The fourth-order valence-electron chi connectivity index (χ4n) is 2.10. The summed E-state index contributed by atoms with van der Waals surface area (Å²) in [5, 5.41) is 2.73. The van der Waals surface area contributed by atoms with Gasteiger partial charge in [-0.25, -0.2) is 19.3 Å². The van der Waals surface area contributed by atoms with Crippen LogP contribution >= 0.6 is 0 Å². The van der Waals surface area contributed by atoms with Gasteiger partial charge in [-0.2, -0.15) is 0 Å². The predicted molar refractivity (Wildman–Crippen MR) is 75.2 cm³/mol. The Bertz CT molecular complexity index is 732. The Morgan fingerprint density at radius 1 is 1.20 bits per heavy atom. The van der Waals surface area contributed by atoms with Gasteiger partial charge in [0.15, 0.2) is 11.6 Å². The van der Waals surface area contributed by atoms with Crippen LogP contribution in [-0.2, 0) is 6.42 Å². The number of hydrogen-bond donors (Lipinski definition) is 2. The highest BCUT2D eigenvalue weighted by Crippen LogP contribution is 2.16. The normalized spacial score (nSPS) is 10.9. The molecule has 20 heavy (non-hydrogen) atoms. The minimum absolute atomic E-state index is 0.212. The lowest BCUT2D eigenvalue weighted by Crippen LogP contribution is -2.07. The van der Waals surface area contributed by atoms with Gasteiger partial charge in [-0.15, -0.1) is 0 Å². The first kappa shape index (κ1) is 12.5. The van der Waals surface area contributed by atoms with Gasteiger partial charge in [0, 0.05) is 7.05 Å². The molecule has 0 fully saturated rings. The minimum atomic E-state index is -0.416. The number of benzene rings is 1. The van der Waals surface area contributed by atoms with Gasteiger partial charge in [0.2, 0.25) is 0 Å². The summed E-state index contributed by atoms with van der Waals surface area (Å²) in [7, 11) is 1.63. The molecule has 0 aliphatic heterocycles. The number of rotatable bonds is 3. The number of imidazole rings is 1. The molecule has 0 saturated heterocycles. The van der Waals surface area contributed by atoms with Crippen LogP contribution in [0.15, 0.2) is 24.3 Å². The number of aromatic nitrogens is 4. The van der Waals surface area contributed by atoms with Gasteiger partial charge < -0.3 is 10.3 Å². The van der Waals surface area contributed by atoms with Gasteiger partial charge in [0.05, 0.1) is 23.1 Å². The van der Waals surface area contributed by atoms with Crippen molar-refractivity contribution < 1.29 is 4.39 Å². The van der Waals surface area contributed by atoms with Crippen LogP contribution in [0, 0.1) is 12.7 Å². The van der Waals surface area contributed by atoms with Gasteiger partial charge in [0.1, 0.15) is 11.6 Å². The third kappa shape index (κ3) is 2.20. The van der Waals surface area contributed by atoms with Gasteiger partial charge in [-0.05, 0) is 19.1 Å². The molecule has 0 radical (unpaired) electrons. The van der Waals surface area contributed by atoms with Gasteiger partial charge in [0.25, 0.3) is 0 Å². The number of nitrogens with one attached hydrogen (secondary N) is 2. The maximum absolute atomic E-state index is 13.7. The molecule has 5 nitrogen and oxygen atoms in total. The summed E-state index contributed by atoms with van der Waals surface area (Å²) in [5.41, 5.74) is 2.20. The lowest BCUT2D eigenvalue weighted by Gasteiger charge is -2.06. The molecule has 0 saturated carbocycles. The zero-order chi connectivity index (χ0) is 14.1. The van der Waals surface area contributed by atoms with Gasteiger partial charge >= 0.3 is 0 Å². The average molecular weight is 271 g/mol. The summed E-state index contributed by atoms with van der Waals surface area (Å²) in [6.45, 7) is 1.62. The van der Waals surface area contributed by atoms with Crippen molar-refractivity contribution in [3.05, 3.63) is 47.4 Å². The number of hydrogen-bond acceptors (Lipinski definition) is 4. The lowest BCUT2D eigenvalue weighted by molar-refractivity contribution is 0.601. The van der Waals surface area contributed by atoms with E-state index in [1.54, 1.807) is 14.0 Å². The van der Waals surface area contributed by atoms with Crippen molar-refractivity contribution in [2.75, 3.05) is 12.4 Å². The van der Waals surface area contributed by atoms with E-state index in [0.717, 1.165) is 16.9 Å². The highest BCUT2D eigenvalue weighted by Gasteiger charge is 2.12. The zero-order valence-corrected chi connectivity index (χ0v) is 11.2. The molecule has 0 spiro atoms. The minimum Gasteiger partial charge on any atom is -0.371 e. The summed E-state index contributed by atoms with van der Waals surface area (Å²) >= 11 is 0. The van der Waals surface area contributed by atoms with E-state index in [1.165, 1.54) is 0 Å². The number of anilines is 1. The summed E-state index contributed by atoms with van der Waals surface area (Å²) in [4.78, 5) is 16.0. The monoisotopic (exact) mass is 271 g/mol. The second kappa shape index (κ2) is 4.88. The number of aryl methyl sites for hydroxylation is 1. The van der Waals surface area contributed by atoms with Crippen LogP contribution in [0.5, 0.6) is 0 Å². The van der Waals surface area contributed by atoms with Crippen molar-refractivity contribution >= 4 is 16.9 Å². The highest BCUT2D eigenvalue weighted by atomic mass is 19.1. The van der Waals surface area contributed by atoms with Crippen LogP contribution in [-0.4, -0.2) is 27.0 Å². The van der Waals surface area contributed by atoms with E-state index in [9.17, 15) is 4.39 Å². The molecule has 0 bridgehead atoms. The first-order chi connectivity index (χ1) is 9.67. The van der Waals surface area contributed by atoms with Gasteiger partial charge in [-0.3, -0.25) is 0 Å². The first-order valence-corrected chi connectivity index (χ1v) is 6.32. The molecule has 102 valence electrons. The van der Waals surface area contributed by atoms with Crippen LogP contribution in [0.2, 0.25) is 0 Å². The molecular formula is C14H14FN5. The van der Waals surface area contributed by atoms with E-state index in [2.05, 4.69) is 25.3 Å². The van der Waals surface area contributed by atoms with Gasteiger partial charge in [-0.1, -0.05) is 12.1 Å². The van der Waals surface area contributed by atoms with Crippen LogP contribution in [0.1, 0.15) is 17.3 Å². The largest absolute Gasteiger partial charge is 0.371 e. The fourth-order valence-corrected chi connectivity index (χ4v) is 2.10. The molecule has 0 aliphatic carbocycles. The van der Waals surface area contributed by atoms with Crippen LogP contribution in [0.3, 0.4) is 0 Å². The summed E-state index contributed by atoms with van der Waals surface area (Å²) in [6, 6.07) is 7.78. The fraction of sp³-hybridized carbons (Fsp3) is 0.214. The van der Waals surface area contributed by atoms with E-state index >= 15 is 0 Å². The molecule has 0 atom stereocenters. The molecule has 3 aromatic rings. The topological polar surface area (TPSA) is 66.5 Å².